The molecule has 2 heterocycles. The van der Waals surface area contributed by atoms with Crippen LogP contribution in [0.3, 0.4) is 0 Å². The van der Waals surface area contributed by atoms with Crippen molar-refractivity contribution in [1.82, 2.24) is 5.32 Å². The Morgan fingerprint density at radius 2 is 2.42 bits per heavy atom. The number of rotatable bonds is 4. The van der Waals surface area contributed by atoms with Gasteiger partial charge in [-0.05, 0) is 34.7 Å². The number of amidine groups is 1. The normalized spacial score (nSPS) is 21.2. The standard InChI is InChI=1S/C10H8IN3O4S/c11-7-2-1-5(18-7)4-12-14-10-13-9(17)6(19-10)3-8(15)16/h1-2,4,6H,3H2,(H,15,16)(H,13,14,17)/b12-4-/t6-/m1/s1. The molecule has 19 heavy (non-hydrogen) atoms. The monoisotopic (exact) mass is 393 g/mol. The van der Waals surface area contributed by atoms with Crippen LogP contribution in [0, 0.1) is 3.77 Å². The largest absolute Gasteiger partial charge is 0.481 e. The van der Waals surface area contributed by atoms with Gasteiger partial charge in [0.25, 0.3) is 0 Å². The summed E-state index contributed by atoms with van der Waals surface area (Å²) in [7, 11) is 0. The highest BCUT2D eigenvalue weighted by Crippen LogP contribution is 2.22. The number of furan rings is 1. The van der Waals surface area contributed by atoms with Gasteiger partial charge in [-0.15, -0.1) is 5.10 Å². The van der Waals surface area contributed by atoms with Crippen molar-refractivity contribution in [3.8, 4) is 0 Å². The number of halogens is 1. The fourth-order valence-corrected chi connectivity index (χ4v) is 2.63. The third-order valence-corrected chi connectivity index (χ3v) is 3.72. The van der Waals surface area contributed by atoms with Gasteiger partial charge < -0.3 is 14.8 Å². The molecule has 0 spiro atoms. The van der Waals surface area contributed by atoms with Crippen molar-refractivity contribution in [2.24, 2.45) is 10.2 Å². The second-order valence-electron chi connectivity index (χ2n) is 3.49. The third kappa shape index (κ3) is 4.06. The van der Waals surface area contributed by atoms with E-state index in [2.05, 4.69) is 15.5 Å². The first kappa shape index (κ1) is 14.1. The highest BCUT2D eigenvalue weighted by molar-refractivity contribution is 14.1. The van der Waals surface area contributed by atoms with Crippen LogP contribution in [0.15, 0.2) is 26.8 Å². The topological polar surface area (TPSA) is 104 Å². The van der Waals surface area contributed by atoms with Crippen molar-refractivity contribution in [3.63, 3.8) is 0 Å². The number of aliphatic carboxylic acids is 1. The number of carboxylic acids is 1. The summed E-state index contributed by atoms with van der Waals surface area (Å²) < 4.78 is 5.97. The lowest BCUT2D eigenvalue weighted by Gasteiger charge is -1.97. The summed E-state index contributed by atoms with van der Waals surface area (Å²) in [5.41, 5.74) is 0. The van der Waals surface area contributed by atoms with Crippen LogP contribution >= 0.6 is 34.4 Å². The average Bonchev–Trinajstić information content (AvgIpc) is 2.86. The van der Waals surface area contributed by atoms with Crippen LogP contribution in [0.2, 0.25) is 0 Å². The number of carboxylic acid groups (broad SMARTS) is 1. The second-order valence-corrected chi connectivity index (χ2v) is 5.74. The molecule has 0 saturated carbocycles. The molecule has 1 saturated heterocycles. The molecule has 2 rings (SSSR count). The predicted molar refractivity (Wildman–Crippen MR) is 78.2 cm³/mol. The van der Waals surface area contributed by atoms with Gasteiger partial charge in [0.1, 0.15) is 11.0 Å². The maximum atomic E-state index is 11.4. The maximum absolute atomic E-state index is 11.4. The summed E-state index contributed by atoms with van der Waals surface area (Å²) >= 11 is 3.08. The van der Waals surface area contributed by atoms with E-state index >= 15 is 0 Å². The molecule has 0 bridgehead atoms. The smallest absolute Gasteiger partial charge is 0.305 e. The first-order chi connectivity index (χ1) is 9.04. The summed E-state index contributed by atoms with van der Waals surface area (Å²) in [4.78, 5) is 21.9. The lowest BCUT2D eigenvalue weighted by molar-refractivity contribution is -0.138. The lowest BCUT2D eigenvalue weighted by Crippen LogP contribution is -2.26. The van der Waals surface area contributed by atoms with Crippen LogP contribution in [0.4, 0.5) is 0 Å². The minimum Gasteiger partial charge on any atom is -0.481 e. The first-order valence-electron chi connectivity index (χ1n) is 5.10. The van der Waals surface area contributed by atoms with E-state index in [0.29, 0.717) is 5.76 Å². The van der Waals surface area contributed by atoms with Gasteiger partial charge in [0.05, 0.1) is 12.6 Å². The number of hydrogen-bond acceptors (Lipinski definition) is 6. The van der Waals surface area contributed by atoms with Crippen LogP contribution in [0.5, 0.6) is 0 Å². The van der Waals surface area contributed by atoms with Gasteiger partial charge >= 0.3 is 5.97 Å². The Morgan fingerprint density at radius 1 is 1.63 bits per heavy atom. The SMILES string of the molecule is O=C(O)C[C@H]1S/C(=N\N=C/c2ccc(I)o2)NC1=O. The van der Waals surface area contributed by atoms with Crippen molar-refractivity contribution in [3.05, 3.63) is 21.7 Å². The molecular formula is C10H8IN3O4S. The van der Waals surface area contributed by atoms with Crippen molar-refractivity contribution in [2.45, 2.75) is 11.7 Å². The molecule has 100 valence electrons. The van der Waals surface area contributed by atoms with E-state index in [0.717, 1.165) is 15.5 Å². The molecular weight excluding hydrogens is 385 g/mol. The molecule has 1 fully saturated rings. The molecule has 1 aromatic rings. The number of carbonyl (C=O) groups is 2. The van der Waals surface area contributed by atoms with E-state index in [1.807, 2.05) is 22.6 Å². The quantitative estimate of drug-likeness (QED) is 0.456. The number of hydrogen-bond donors (Lipinski definition) is 2. The minimum absolute atomic E-state index is 0.240. The van der Waals surface area contributed by atoms with Crippen LogP contribution < -0.4 is 5.32 Å². The van der Waals surface area contributed by atoms with Gasteiger partial charge in [-0.2, -0.15) is 5.10 Å². The molecule has 0 aliphatic carbocycles. The zero-order valence-corrected chi connectivity index (χ0v) is 12.3. The van der Waals surface area contributed by atoms with Crippen LogP contribution in [-0.4, -0.2) is 33.6 Å². The number of amides is 1. The highest BCUT2D eigenvalue weighted by atomic mass is 127. The molecule has 0 aromatic carbocycles. The zero-order valence-electron chi connectivity index (χ0n) is 9.37. The van der Waals surface area contributed by atoms with Gasteiger partial charge in [-0.3, -0.25) is 9.59 Å². The molecule has 9 heteroatoms. The van der Waals surface area contributed by atoms with Crippen LogP contribution in [0.1, 0.15) is 12.2 Å². The van der Waals surface area contributed by atoms with E-state index in [-0.39, 0.29) is 17.5 Å². The van der Waals surface area contributed by atoms with Gasteiger partial charge in [-0.1, -0.05) is 11.8 Å². The second kappa shape index (κ2) is 6.19. The minimum atomic E-state index is -1.03. The van der Waals surface area contributed by atoms with Crippen molar-refractivity contribution < 1.29 is 19.1 Å². The van der Waals surface area contributed by atoms with E-state index in [4.69, 9.17) is 9.52 Å². The fourth-order valence-electron chi connectivity index (χ4n) is 1.28. The van der Waals surface area contributed by atoms with Crippen molar-refractivity contribution >= 4 is 57.6 Å². The molecule has 1 amide bonds. The number of carbonyl (C=O) groups excluding carboxylic acids is 1. The van der Waals surface area contributed by atoms with Crippen LogP contribution in [-0.2, 0) is 9.59 Å². The van der Waals surface area contributed by atoms with Crippen molar-refractivity contribution in [1.29, 1.82) is 0 Å². The Bertz CT molecular complexity index is 569. The molecule has 1 aromatic heterocycles. The van der Waals surface area contributed by atoms with Crippen molar-refractivity contribution in [2.75, 3.05) is 0 Å². The molecule has 2 N–H and O–H groups in total. The Balaban J connectivity index is 1.96. The highest BCUT2D eigenvalue weighted by Gasteiger charge is 2.32. The van der Waals surface area contributed by atoms with E-state index in [1.165, 1.54) is 6.21 Å². The maximum Gasteiger partial charge on any atom is 0.305 e. The molecule has 1 aliphatic rings. The lowest BCUT2D eigenvalue weighted by atomic mass is 10.3. The molecule has 0 radical (unpaired) electrons. The van der Waals surface area contributed by atoms with Gasteiger partial charge in [0, 0.05) is 0 Å². The zero-order chi connectivity index (χ0) is 13.8. The third-order valence-electron chi connectivity index (χ3n) is 2.06. The summed E-state index contributed by atoms with van der Waals surface area (Å²) in [6.45, 7) is 0. The Morgan fingerprint density at radius 3 is 3.05 bits per heavy atom. The Labute approximate surface area is 125 Å². The molecule has 1 aliphatic heterocycles. The summed E-state index contributed by atoms with van der Waals surface area (Å²) in [5, 5.41) is 18.3. The van der Waals surface area contributed by atoms with Gasteiger partial charge in [0.2, 0.25) is 5.91 Å². The number of nitrogens with one attached hydrogen (secondary N) is 1. The van der Waals surface area contributed by atoms with E-state index in [1.54, 1.807) is 12.1 Å². The molecule has 0 unspecified atom stereocenters. The van der Waals surface area contributed by atoms with Gasteiger partial charge in [0.15, 0.2) is 8.93 Å². The number of nitrogens with zero attached hydrogens (tertiary/aromatic N) is 2. The Kier molecular flexibility index (Phi) is 4.58. The van der Waals surface area contributed by atoms with E-state index in [9.17, 15) is 9.59 Å². The Hall–Kier alpha value is -1.36. The summed E-state index contributed by atoms with van der Waals surface area (Å²) in [6.07, 6.45) is 1.17. The summed E-state index contributed by atoms with van der Waals surface area (Å²) in [6, 6.07) is 3.52. The fraction of sp³-hybridized carbons (Fsp3) is 0.200. The predicted octanol–water partition coefficient (Wildman–Crippen LogP) is 1.28. The summed E-state index contributed by atoms with van der Waals surface area (Å²) in [5.74, 6) is -0.846. The average molecular weight is 393 g/mol. The first-order valence-corrected chi connectivity index (χ1v) is 7.06. The number of thioether (sulfide) groups is 1. The van der Waals surface area contributed by atoms with E-state index < -0.39 is 11.2 Å². The van der Waals surface area contributed by atoms with Crippen LogP contribution in [0.25, 0.3) is 0 Å². The molecule has 7 nitrogen and oxygen atoms in total. The van der Waals surface area contributed by atoms with Gasteiger partial charge in [-0.25, -0.2) is 0 Å². The molecule has 1 atom stereocenters.